The number of nitrogens with one attached hydrogen (secondary N) is 1. The molecule has 1 amide bonds. The van der Waals surface area contributed by atoms with Crippen molar-refractivity contribution in [3.8, 4) is 0 Å². The number of nitro groups is 1. The minimum Gasteiger partial charge on any atom is -0.293 e. The Bertz CT molecular complexity index is 541. The maximum Gasteiger partial charge on any atom is 0.270 e. The zero-order valence-electron chi connectivity index (χ0n) is 10.4. The third kappa shape index (κ3) is 2.35. The van der Waals surface area contributed by atoms with Crippen LogP contribution in [0, 0.1) is 16.0 Å². The van der Waals surface area contributed by atoms with Crippen molar-refractivity contribution in [3.63, 3.8) is 0 Å². The van der Waals surface area contributed by atoms with Crippen LogP contribution in [0.25, 0.3) is 0 Å². The normalized spacial score (nSPS) is 25.5. The summed E-state index contributed by atoms with van der Waals surface area (Å²) in [6.07, 6.45) is 1.29. The lowest BCUT2D eigenvalue weighted by Gasteiger charge is -2.45. The van der Waals surface area contributed by atoms with Gasteiger partial charge in [-0.2, -0.15) is 0 Å². The van der Waals surface area contributed by atoms with Gasteiger partial charge in [0, 0.05) is 16.6 Å². The van der Waals surface area contributed by atoms with Gasteiger partial charge in [0.15, 0.2) is 0 Å². The molecule has 19 heavy (non-hydrogen) atoms. The third-order valence-corrected chi connectivity index (χ3v) is 4.06. The molecule has 0 unspecified atom stereocenters. The molecule has 1 saturated carbocycles. The van der Waals surface area contributed by atoms with Gasteiger partial charge in [-0.1, -0.05) is 22.9 Å². The summed E-state index contributed by atoms with van der Waals surface area (Å²) < 4.78 is 0.584. The van der Waals surface area contributed by atoms with E-state index >= 15 is 0 Å². The Hall–Kier alpha value is -1.47. The van der Waals surface area contributed by atoms with Crippen LogP contribution in [0.1, 0.15) is 25.3 Å². The fraction of sp³-hybridized carbons (Fsp3) is 0.417. The van der Waals surface area contributed by atoms with E-state index in [4.69, 9.17) is 5.84 Å². The molecule has 0 radical (unpaired) electrons. The molecule has 1 aliphatic carbocycles. The fourth-order valence-electron chi connectivity index (χ4n) is 2.78. The van der Waals surface area contributed by atoms with Gasteiger partial charge in [0.2, 0.25) is 5.91 Å². The first-order valence-corrected chi connectivity index (χ1v) is 6.65. The van der Waals surface area contributed by atoms with Crippen molar-refractivity contribution in [2.45, 2.75) is 25.2 Å². The molecular formula is C12H14BrN3O3. The van der Waals surface area contributed by atoms with E-state index in [1.807, 2.05) is 6.92 Å². The van der Waals surface area contributed by atoms with Crippen LogP contribution in [0.4, 0.5) is 5.69 Å². The number of benzene rings is 1. The molecule has 0 aromatic heterocycles. The highest BCUT2D eigenvalue weighted by atomic mass is 79.9. The molecular weight excluding hydrogens is 314 g/mol. The number of rotatable bonds is 3. The number of nitrogens with two attached hydrogens (primary N) is 1. The van der Waals surface area contributed by atoms with E-state index in [0.717, 1.165) is 0 Å². The second-order valence-electron chi connectivity index (χ2n) is 5.02. The number of hydrogen-bond acceptors (Lipinski definition) is 4. The average molecular weight is 328 g/mol. The monoisotopic (exact) mass is 327 g/mol. The van der Waals surface area contributed by atoms with Gasteiger partial charge in [0.25, 0.3) is 5.69 Å². The van der Waals surface area contributed by atoms with Gasteiger partial charge in [-0.3, -0.25) is 20.3 Å². The lowest BCUT2D eigenvalue weighted by Crippen LogP contribution is -2.54. The summed E-state index contributed by atoms with van der Waals surface area (Å²) in [5.74, 6) is 5.35. The number of hydrogen-bond donors (Lipinski definition) is 2. The molecule has 0 aliphatic heterocycles. The van der Waals surface area contributed by atoms with Gasteiger partial charge in [-0.05, 0) is 30.4 Å². The van der Waals surface area contributed by atoms with Crippen LogP contribution in [0.2, 0.25) is 0 Å². The summed E-state index contributed by atoms with van der Waals surface area (Å²) >= 11 is 3.25. The quantitative estimate of drug-likeness (QED) is 0.384. The van der Waals surface area contributed by atoms with E-state index in [1.54, 1.807) is 6.07 Å². The van der Waals surface area contributed by atoms with E-state index in [1.165, 1.54) is 12.1 Å². The molecule has 2 rings (SSSR count). The molecule has 6 nitrogen and oxygen atoms in total. The number of halogens is 1. The average Bonchev–Trinajstić information content (AvgIpc) is 2.32. The Labute approximate surface area is 118 Å². The van der Waals surface area contributed by atoms with E-state index in [0.29, 0.717) is 28.8 Å². The Kier molecular flexibility index (Phi) is 3.60. The van der Waals surface area contributed by atoms with Gasteiger partial charge >= 0.3 is 0 Å². The Morgan fingerprint density at radius 2 is 2.16 bits per heavy atom. The first-order valence-electron chi connectivity index (χ1n) is 5.85. The highest BCUT2D eigenvalue weighted by Gasteiger charge is 2.50. The standard InChI is InChI=1S/C12H14BrN3O3/c1-7-5-12(6-7,11(17)15-14)8-2-9(13)4-10(3-8)16(18)19/h2-4,7H,5-6,14H2,1H3,(H,15,17). The summed E-state index contributed by atoms with van der Waals surface area (Å²) in [4.78, 5) is 22.5. The molecule has 1 aromatic rings. The summed E-state index contributed by atoms with van der Waals surface area (Å²) in [5, 5.41) is 10.9. The number of nitrogens with zero attached hydrogens (tertiary/aromatic N) is 1. The summed E-state index contributed by atoms with van der Waals surface area (Å²) in [5.41, 5.74) is 2.02. The Morgan fingerprint density at radius 3 is 2.63 bits per heavy atom. The van der Waals surface area contributed by atoms with Gasteiger partial charge < -0.3 is 0 Å². The first-order chi connectivity index (χ1) is 8.89. The van der Waals surface area contributed by atoms with Crippen molar-refractivity contribution < 1.29 is 9.72 Å². The molecule has 7 heteroatoms. The molecule has 102 valence electrons. The van der Waals surface area contributed by atoms with Gasteiger partial charge in [-0.25, -0.2) is 5.84 Å². The summed E-state index contributed by atoms with van der Waals surface area (Å²) in [7, 11) is 0. The van der Waals surface area contributed by atoms with Crippen LogP contribution < -0.4 is 11.3 Å². The van der Waals surface area contributed by atoms with Crippen LogP contribution in [-0.4, -0.2) is 10.8 Å². The van der Waals surface area contributed by atoms with Crippen molar-refractivity contribution in [1.29, 1.82) is 0 Å². The van der Waals surface area contributed by atoms with Crippen molar-refractivity contribution >= 4 is 27.5 Å². The number of nitro benzene ring substituents is 1. The van der Waals surface area contributed by atoms with E-state index in [2.05, 4.69) is 21.4 Å². The molecule has 0 bridgehead atoms. The largest absolute Gasteiger partial charge is 0.293 e. The molecule has 0 spiro atoms. The van der Waals surface area contributed by atoms with Crippen LogP contribution in [0.3, 0.4) is 0 Å². The summed E-state index contributed by atoms with van der Waals surface area (Å²) in [6, 6.07) is 4.61. The second-order valence-corrected chi connectivity index (χ2v) is 5.94. The summed E-state index contributed by atoms with van der Waals surface area (Å²) in [6.45, 7) is 2.04. The number of hydrazine groups is 1. The predicted molar refractivity (Wildman–Crippen MR) is 73.2 cm³/mol. The van der Waals surface area contributed by atoms with Crippen molar-refractivity contribution in [2.75, 3.05) is 0 Å². The molecule has 1 aliphatic rings. The first kappa shape index (κ1) is 14.0. The molecule has 0 atom stereocenters. The maximum absolute atomic E-state index is 12.0. The highest BCUT2D eigenvalue weighted by Crippen LogP contribution is 2.48. The molecule has 3 N–H and O–H groups in total. The maximum atomic E-state index is 12.0. The highest BCUT2D eigenvalue weighted by molar-refractivity contribution is 9.10. The van der Waals surface area contributed by atoms with Crippen molar-refractivity contribution in [3.05, 3.63) is 38.3 Å². The smallest absolute Gasteiger partial charge is 0.270 e. The van der Waals surface area contributed by atoms with Crippen molar-refractivity contribution in [1.82, 2.24) is 5.43 Å². The number of carbonyl (C=O) groups excluding carboxylic acids is 1. The topological polar surface area (TPSA) is 98.3 Å². The SMILES string of the molecule is CC1CC(C(=O)NN)(c2cc(Br)cc([N+](=O)[O-])c2)C1. The van der Waals surface area contributed by atoms with Crippen LogP contribution in [0.15, 0.2) is 22.7 Å². The van der Waals surface area contributed by atoms with Crippen LogP contribution in [-0.2, 0) is 10.2 Å². The molecule has 0 heterocycles. The molecule has 1 fully saturated rings. The number of non-ortho nitro benzene ring substituents is 1. The van der Waals surface area contributed by atoms with Gasteiger partial charge in [-0.15, -0.1) is 0 Å². The fourth-order valence-corrected chi connectivity index (χ4v) is 3.26. The van der Waals surface area contributed by atoms with E-state index < -0.39 is 10.3 Å². The second kappa shape index (κ2) is 4.90. The molecule has 1 aromatic carbocycles. The Balaban J connectivity index is 2.49. The third-order valence-electron chi connectivity index (χ3n) is 3.61. The minimum absolute atomic E-state index is 0.0341. The lowest BCUT2D eigenvalue weighted by atomic mass is 9.58. The number of carbonyl (C=O) groups is 1. The predicted octanol–water partition coefficient (Wildman–Crippen LogP) is 2.01. The van der Waals surface area contributed by atoms with Crippen LogP contribution in [0.5, 0.6) is 0 Å². The lowest BCUT2D eigenvalue weighted by molar-refractivity contribution is -0.385. The van der Waals surface area contributed by atoms with Crippen LogP contribution >= 0.6 is 15.9 Å². The Morgan fingerprint density at radius 1 is 1.53 bits per heavy atom. The number of amides is 1. The van der Waals surface area contributed by atoms with Crippen molar-refractivity contribution in [2.24, 2.45) is 11.8 Å². The van der Waals surface area contributed by atoms with E-state index in [9.17, 15) is 14.9 Å². The van der Waals surface area contributed by atoms with E-state index in [-0.39, 0.29) is 11.6 Å². The van der Waals surface area contributed by atoms with Gasteiger partial charge in [0.1, 0.15) is 0 Å². The van der Waals surface area contributed by atoms with Gasteiger partial charge in [0.05, 0.1) is 10.3 Å². The zero-order chi connectivity index (χ0) is 14.2. The zero-order valence-corrected chi connectivity index (χ0v) is 11.9. The minimum atomic E-state index is -0.747. The molecule has 0 saturated heterocycles.